The van der Waals surface area contributed by atoms with Crippen LogP contribution in [0.15, 0.2) is 22.7 Å². The maximum Gasteiger partial charge on any atom is 0.137 e. The Bertz CT molecular complexity index is 424. The number of hydrogen-bond acceptors (Lipinski definition) is 2. The second kappa shape index (κ2) is 5.08. The zero-order valence-electron chi connectivity index (χ0n) is 10.6. The summed E-state index contributed by atoms with van der Waals surface area (Å²) >= 11 is 3.39. The molecule has 0 bridgehead atoms. The average Bonchev–Trinajstić information content (AvgIpc) is 2.17. The van der Waals surface area contributed by atoms with Gasteiger partial charge in [0.05, 0.1) is 0 Å². The van der Waals surface area contributed by atoms with E-state index in [-0.39, 0.29) is 0 Å². The van der Waals surface area contributed by atoms with E-state index in [1.807, 2.05) is 45.9 Å². The van der Waals surface area contributed by atoms with Crippen molar-refractivity contribution in [3.05, 3.63) is 33.8 Å². The van der Waals surface area contributed by atoms with E-state index in [4.69, 9.17) is 0 Å². The Morgan fingerprint density at radius 2 is 2.00 bits per heavy atom. The lowest BCUT2D eigenvalue weighted by Gasteiger charge is -2.38. The molecule has 4 heteroatoms. The molecule has 0 aliphatic heterocycles. The zero-order chi connectivity index (χ0) is 13.2. The number of aryl methyl sites for hydroxylation is 1. The van der Waals surface area contributed by atoms with Crippen molar-refractivity contribution in [1.82, 2.24) is 4.90 Å². The molecule has 17 heavy (non-hydrogen) atoms. The van der Waals surface area contributed by atoms with Gasteiger partial charge in [-0.2, -0.15) is 0 Å². The molecule has 94 valence electrons. The Kier molecular flexibility index (Phi) is 4.20. The molecule has 0 aromatic heterocycles. The topological polar surface area (TPSA) is 43.4 Å². The van der Waals surface area contributed by atoms with Crippen LogP contribution < -0.4 is 5.11 Å². The molecule has 3 nitrogen and oxygen atoms in total. The molecule has 0 atom stereocenters. The van der Waals surface area contributed by atoms with Crippen LogP contribution in [0.4, 0.5) is 4.79 Å². The fraction of sp³-hybridized carbons (Fsp3) is 0.462. The fourth-order valence-corrected chi connectivity index (χ4v) is 1.96. The Hall–Kier alpha value is -1.03. The molecule has 0 fully saturated rings. The van der Waals surface area contributed by atoms with E-state index in [1.165, 1.54) is 4.90 Å². The van der Waals surface area contributed by atoms with Gasteiger partial charge in [0, 0.05) is 16.6 Å². The highest BCUT2D eigenvalue weighted by molar-refractivity contribution is 9.10. The standard InChI is InChI=1S/C13H18BrNO2/c1-9-5-6-11(14)7-10(9)8-15(12(16)17)13(2,3)4/h5-7H,8H2,1-4H3,(H,16,17)/p-1. The summed E-state index contributed by atoms with van der Waals surface area (Å²) in [6.07, 6.45) is -1.14. The van der Waals surface area contributed by atoms with Crippen molar-refractivity contribution in [3.63, 3.8) is 0 Å². The molecule has 0 heterocycles. The van der Waals surface area contributed by atoms with Gasteiger partial charge in [0.15, 0.2) is 0 Å². The summed E-state index contributed by atoms with van der Waals surface area (Å²) < 4.78 is 0.949. The first-order chi connectivity index (χ1) is 7.71. The van der Waals surface area contributed by atoms with Gasteiger partial charge in [0.1, 0.15) is 6.09 Å². The van der Waals surface area contributed by atoms with E-state index >= 15 is 0 Å². The molecule has 1 rings (SSSR count). The van der Waals surface area contributed by atoms with Crippen LogP contribution in [0.5, 0.6) is 0 Å². The number of halogens is 1. The normalized spacial score (nSPS) is 11.4. The predicted molar refractivity (Wildman–Crippen MR) is 69.6 cm³/mol. The molecule has 0 aliphatic rings. The summed E-state index contributed by atoms with van der Waals surface area (Å²) in [6.45, 7) is 7.89. The minimum atomic E-state index is -1.14. The van der Waals surface area contributed by atoms with E-state index in [1.54, 1.807) is 0 Å². The Labute approximate surface area is 111 Å². The number of hydrogen-bond donors (Lipinski definition) is 0. The largest absolute Gasteiger partial charge is 0.530 e. The highest BCUT2D eigenvalue weighted by Gasteiger charge is 2.21. The lowest BCUT2D eigenvalue weighted by Crippen LogP contribution is -2.51. The maximum atomic E-state index is 11.1. The third-order valence-electron chi connectivity index (χ3n) is 2.67. The molecule has 0 radical (unpaired) electrons. The van der Waals surface area contributed by atoms with Crippen LogP contribution in [0.2, 0.25) is 0 Å². The SMILES string of the molecule is Cc1ccc(Br)cc1CN(C(=O)[O-])C(C)(C)C. The van der Waals surface area contributed by atoms with E-state index in [0.717, 1.165) is 15.6 Å². The highest BCUT2D eigenvalue weighted by Crippen LogP contribution is 2.21. The Morgan fingerprint density at radius 1 is 1.41 bits per heavy atom. The molecule has 0 unspecified atom stereocenters. The van der Waals surface area contributed by atoms with Gasteiger partial charge < -0.3 is 14.8 Å². The summed E-state index contributed by atoms with van der Waals surface area (Å²) in [6, 6.07) is 5.85. The van der Waals surface area contributed by atoms with Gasteiger partial charge in [-0.1, -0.05) is 22.0 Å². The van der Waals surface area contributed by atoms with Gasteiger partial charge in [-0.25, -0.2) is 0 Å². The van der Waals surface area contributed by atoms with Crippen molar-refractivity contribution in [2.24, 2.45) is 0 Å². The van der Waals surface area contributed by atoms with Crippen molar-refractivity contribution in [2.45, 2.75) is 39.8 Å². The number of amides is 1. The smallest absolute Gasteiger partial charge is 0.137 e. The minimum absolute atomic E-state index is 0.344. The molecular formula is C13H17BrNO2-. The number of carboxylic acid groups (broad SMARTS) is 1. The van der Waals surface area contributed by atoms with Crippen LogP contribution >= 0.6 is 15.9 Å². The third kappa shape index (κ3) is 3.73. The van der Waals surface area contributed by atoms with Crippen LogP contribution in [-0.4, -0.2) is 16.5 Å². The molecule has 0 spiro atoms. The van der Waals surface area contributed by atoms with Crippen LogP contribution in [0, 0.1) is 6.92 Å². The molecule has 0 saturated carbocycles. The molecule has 0 aliphatic carbocycles. The van der Waals surface area contributed by atoms with Crippen LogP contribution in [0.25, 0.3) is 0 Å². The molecule has 1 aromatic carbocycles. The van der Waals surface area contributed by atoms with Crippen LogP contribution in [0.3, 0.4) is 0 Å². The third-order valence-corrected chi connectivity index (χ3v) is 3.16. The molecule has 1 amide bonds. The first kappa shape index (κ1) is 14.0. The summed E-state index contributed by atoms with van der Waals surface area (Å²) in [5.74, 6) is 0. The Balaban J connectivity index is 3.02. The average molecular weight is 299 g/mol. The molecule has 0 saturated heterocycles. The van der Waals surface area contributed by atoms with E-state index < -0.39 is 11.6 Å². The van der Waals surface area contributed by atoms with Crippen molar-refractivity contribution >= 4 is 22.0 Å². The molecular weight excluding hydrogens is 282 g/mol. The first-order valence-corrected chi connectivity index (χ1v) is 6.25. The second-order valence-electron chi connectivity index (χ2n) is 5.09. The van der Waals surface area contributed by atoms with E-state index in [9.17, 15) is 9.90 Å². The predicted octanol–water partition coefficient (Wildman–Crippen LogP) is 2.70. The Morgan fingerprint density at radius 3 is 2.47 bits per heavy atom. The van der Waals surface area contributed by atoms with Gasteiger partial charge >= 0.3 is 0 Å². The first-order valence-electron chi connectivity index (χ1n) is 5.45. The van der Waals surface area contributed by atoms with Gasteiger partial charge in [-0.05, 0) is 51.0 Å². The zero-order valence-corrected chi connectivity index (χ0v) is 12.2. The van der Waals surface area contributed by atoms with Crippen molar-refractivity contribution in [1.29, 1.82) is 0 Å². The van der Waals surface area contributed by atoms with Crippen LogP contribution in [0.1, 0.15) is 31.9 Å². The van der Waals surface area contributed by atoms with E-state index in [0.29, 0.717) is 6.54 Å². The number of nitrogens with zero attached hydrogens (tertiary/aromatic N) is 1. The second-order valence-corrected chi connectivity index (χ2v) is 6.01. The minimum Gasteiger partial charge on any atom is -0.530 e. The number of carbonyl (C=O) groups excluding carboxylic acids is 1. The summed E-state index contributed by atoms with van der Waals surface area (Å²) in [5.41, 5.74) is 1.59. The fourth-order valence-electron chi connectivity index (χ4n) is 1.56. The number of rotatable bonds is 2. The summed E-state index contributed by atoms with van der Waals surface area (Å²) in [7, 11) is 0. The number of benzene rings is 1. The van der Waals surface area contributed by atoms with E-state index in [2.05, 4.69) is 15.9 Å². The molecule has 1 aromatic rings. The monoisotopic (exact) mass is 298 g/mol. The summed E-state index contributed by atoms with van der Waals surface area (Å²) in [4.78, 5) is 12.5. The van der Waals surface area contributed by atoms with Crippen molar-refractivity contribution < 1.29 is 9.90 Å². The quantitative estimate of drug-likeness (QED) is 0.842. The summed E-state index contributed by atoms with van der Waals surface area (Å²) in [5, 5.41) is 11.1. The lowest BCUT2D eigenvalue weighted by atomic mass is 10.0. The maximum absolute atomic E-state index is 11.1. The van der Waals surface area contributed by atoms with Gasteiger partial charge in [0.25, 0.3) is 0 Å². The van der Waals surface area contributed by atoms with Crippen LogP contribution in [-0.2, 0) is 6.54 Å². The highest BCUT2D eigenvalue weighted by atomic mass is 79.9. The lowest BCUT2D eigenvalue weighted by molar-refractivity contribution is -0.271. The number of carbonyl (C=O) groups is 1. The van der Waals surface area contributed by atoms with Crippen molar-refractivity contribution in [3.8, 4) is 0 Å². The van der Waals surface area contributed by atoms with Gasteiger partial charge in [-0.15, -0.1) is 0 Å². The van der Waals surface area contributed by atoms with Crippen molar-refractivity contribution in [2.75, 3.05) is 0 Å². The molecule has 0 N–H and O–H groups in total. The van der Waals surface area contributed by atoms with Gasteiger partial charge in [-0.3, -0.25) is 0 Å². The van der Waals surface area contributed by atoms with Gasteiger partial charge in [0.2, 0.25) is 0 Å².